The molecule has 0 aromatic heterocycles. The van der Waals surface area contributed by atoms with Crippen LogP contribution in [0.1, 0.15) is 5.56 Å². The number of hydrogen-bond acceptors (Lipinski definition) is 3. The van der Waals surface area contributed by atoms with Gasteiger partial charge in [0.05, 0.1) is 0 Å². The molecule has 0 saturated carbocycles. The van der Waals surface area contributed by atoms with Crippen molar-refractivity contribution in [3.05, 3.63) is 59.1 Å². The summed E-state index contributed by atoms with van der Waals surface area (Å²) < 4.78 is 0. The van der Waals surface area contributed by atoms with Crippen LogP contribution in [0.25, 0.3) is 0 Å². The Balaban J connectivity index is 1.79. The normalized spacial score (nSPS) is 10.0. The van der Waals surface area contributed by atoms with Crippen LogP contribution in [0, 0.1) is 0 Å². The van der Waals surface area contributed by atoms with E-state index in [0.29, 0.717) is 23.7 Å². The average molecular weight is 319 g/mol. The molecule has 2 aromatic rings. The fourth-order valence-electron chi connectivity index (χ4n) is 1.82. The Morgan fingerprint density at radius 2 is 1.77 bits per heavy atom. The smallest absolute Gasteiger partial charge is 0.313 e. The second-order valence-corrected chi connectivity index (χ2v) is 5.07. The average Bonchev–Trinajstić information content (AvgIpc) is 2.49. The molecular formula is C16H15ClN2O3. The summed E-state index contributed by atoms with van der Waals surface area (Å²) >= 11 is 5.80. The van der Waals surface area contributed by atoms with E-state index < -0.39 is 11.8 Å². The van der Waals surface area contributed by atoms with Gasteiger partial charge in [-0.15, -0.1) is 0 Å². The van der Waals surface area contributed by atoms with Crippen LogP contribution in [0.15, 0.2) is 48.5 Å². The van der Waals surface area contributed by atoms with Crippen molar-refractivity contribution in [1.29, 1.82) is 0 Å². The van der Waals surface area contributed by atoms with Crippen molar-refractivity contribution in [2.24, 2.45) is 0 Å². The van der Waals surface area contributed by atoms with Gasteiger partial charge in [0.2, 0.25) is 0 Å². The first-order valence-corrected chi connectivity index (χ1v) is 7.05. The van der Waals surface area contributed by atoms with Crippen LogP contribution in [0.5, 0.6) is 5.75 Å². The first-order valence-electron chi connectivity index (χ1n) is 6.67. The number of rotatable bonds is 4. The maximum atomic E-state index is 11.7. The first kappa shape index (κ1) is 15.9. The molecule has 0 aliphatic rings. The molecule has 0 fully saturated rings. The molecule has 114 valence electrons. The predicted molar refractivity (Wildman–Crippen MR) is 84.9 cm³/mol. The summed E-state index contributed by atoms with van der Waals surface area (Å²) in [6.07, 6.45) is 0.566. The standard InChI is InChI=1S/C16H15ClN2O3/c17-12-2-1-3-13(10-12)19-16(22)15(21)18-9-8-11-4-6-14(20)7-5-11/h1-7,10,20H,8-9H2,(H,18,21)(H,19,22). The van der Waals surface area contributed by atoms with Crippen molar-refractivity contribution in [3.63, 3.8) is 0 Å². The third kappa shape index (κ3) is 4.79. The summed E-state index contributed by atoms with van der Waals surface area (Å²) in [5, 5.41) is 14.7. The van der Waals surface area contributed by atoms with Crippen molar-refractivity contribution in [2.45, 2.75) is 6.42 Å². The third-order valence-electron chi connectivity index (χ3n) is 2.92. The van der Waals surface area contributed by atoms with Gasteiger partial charge in [0, 0.05) is 17.3 Å². The molecule has 5 nitrogen and oxygen atoms in total. The van der Waals surface area contributed by atoms with Gasteiger partial charge in [-0.1, -0.05) is 29.8 Å². The Bertz CT molecular complexity index is 671. The summed E-state index contributed by atoms with van der Waals surface area (Å²) in [5.74, 6) is -1.26. The minimum Gasteiger partial charge on any atom is -0.508 e. The first-order chi connectivity index (χ1) is 10.5. The third-order valence-corrected chi connectivity index (χ3v) is 3.16. The fraction of sp³-hybridized carbons (Fsp3) is 0.125. The topological polar surface area (TPSA) is 78.4 Å². The molecule has 2 rings (SSSR count). The van der Waals surface area contributed by atoms with Gasteiger partial charge in [0.1, 0.15) is 5.75 Å². The van der Waals surface area contributed by atoms with E-state index in [2.05, 4.69) is 10.6 Å². The largest absolute Gasteiger partial charge is 0.508 e. The molecule has 0 saturated heterocycles. The van der Waals surface area contributed by atoms with E-state index in [1.54, 1.807) is 48.5 Å². The van der Waals surface area contributed by atoms with Crippen molar-refractivity contribution in [2.75, 3.05) is 11.9 Å². The quantitative estimate of drug-likeness (QED) is 0.757. The number of phenolic OH excluding ortho intramolecular Hbond substituents is 1. The molecule has 0 radical (unpaired) electrons. The van der Waals surface area contributed by atoms with E-state index in [1.165, 1.54) is 0 Å². The van der Waals surface area contributed by atoms with E-state index in [0.717, 1.165) is 5.56 Å². The predicted octanol–water partition coefficient (Wildman–Crippen LogP) is 2.34. The van der Waals surface area contributed by atoms with Crippen LogP contribution in [-0.4, -0.2) is 23.5 Å². The highest BCUT2D eigenvalue weighted by atomic mass is 35.5. The molecule has 0 aliphatic carbocycles. The van der Waals surface area contributed by atoms with Crippen LogP contribution in [0.3, 0.4) is 0 Å². The van der Waals surface area contributed by atoms with Crippen molar-refractivity contribution in [3.8, 4) is 5.75 Å². The van der Waals surface area contributed by atoms with E-state index in [4.69, 9.17) is 11.6 Å². The zero-order valence-corrected chi connectivity index (χ0v) is 12.4. The van der Waals surface area contributed by atoms with Crippen LogP contribution < -0.4 is 10.6 Å². The Labute approximate surface area is 132 Å². The number of phenols is 1. The van der Waals surface area contributed by atoms with Gasteiger partial charge >= 0.3 is 11.8 Å². The monoisotopic (exact) mass is 318 g/mol. The second-order valence-electron chi connectivity index (χ2n) is 4.64. The van der Waals surface area contributed by atoms with Crippen molar-refractivity contribution >= 4 is 29.1 Å². The summed E-state index contributed by atoms with van der Waals surface area (Å²) in [6.45, 7) is 0.326. The Kier molecular flexibility index (Phi) is 5.38. The van der Waals surface area contributed by atoms with Gasteiger partial charge < -0.3 is 15.7 Å². The maximum absolute atomic E-state index is 11.7. The molecule has 0 bridgehead atoms. The molecule has 0 atom stereocenters. The lowest BCUT2D eigenvalue weighted by Gasteiger charge is -2.07. The number of benzene rings is 2. The van der Waals surface area contributed by atoms with Crippen LogP contribution in [0.4, 0.5) is 5.69 Å². The highest BCUT2D eigenvalue weighted by Gasteiger charge is 2.13. The van der Waals surface area contributed by atoms with Gasteiger partial charge in [0.15, 0.2) is 0 Å². The van der Waals surface area contributed by atoms with Crippen LogP contribution in [-0.2, 0) is 16.0 Å². The summed E-state index contributed by atoms with van der Waals surface area (Å²) in [6, 6.07) is 13.2. The number of hydrogen-bond donors (Lipinski definition) is 3. The molecular weight excluding hydrogens is 304 g/mol. The lowest BCUT2D eigenvalue weighted by atomic mass is 10.1. The molecule has 0 heterocycles. The number of carbonyl (C=O) groups excluding carboxylic acids is 2. The number of carbonyl (C=O) groups is 2. The number of anilines is 1. The highest BCUT2D eigenvalue weighted by Crippen LogP contribution is 2.14. The molecule has 2 aromatic carbocycles. The van der Waals surface area contributed by atoms with E-state index in [9.17, 15) is 14.7 Å². The Hall–Kier alpha value is -2.53. The Morgan fingerprint density at radius 3 is 2.45 bits per heavy atom. The number of nitrogens with one attached hydrogen (secondary N) is 2. The molecule has 0 unspecified atom stereocenters. The summed E-state index contributed by atoms with van der Waals surface area (Å²) in [4.78, 5) is 23.4. The van der Waals surface area contributed by atoms with E-state index in [1.807, 2.05) is 0 Å². The molecule has 0 spiro atoms. The summed E-state index contributed by atoms with van der Waals surface area (Å²) in [5.41, 5.74) is 1.42. The van der Waals surface area contributed by atoms with Crippen LogP contribution in [0.2, 0.25) is 5.02 Å². The summed E-state index contributed by atoms with van der Waals surface area (Å²) in [7, 11) is 0. The number of aromatic hydroxyl groups is 1. The van der Waals surface area contributed by atoms with Crippen LogP contribution >= 0.6 is 11.6 Å². The zero-order chi connectivity index (χ0) is 15.9. The molecule has 3 N–H and O–H groups in total. The SMILES string of the molecule is O=C(NCCc1ccc(O)cc1)C(=O)Nc1cccc(Cl)c1. The van der Waals surface area contributed by atoms with E-state index >= 15 is 0 Å². The van der Waals surface area contributed by atoms with Gasteiger partial charge in [-0.2, -0.15) is 0 Å². The minimum atomic E-state index is -0.743. The molecule has 2 amide bonds. The lowest BCUT2D eigenvalue weighted by molar-refractivity contribution is -0.136. The number of amides is 2. The zero-order valence-electron chi connectivity index (χ0n) is 11.7. The molecule has 6 heteroatoms. The van der Waals surface area contributed by atoms with Gasteiger partial charge in [-0.25, -0.2) is 0 Å². The van der Waals surface area contributed by atoms with Gasteiger partial charge in [-0.05, 0) is 42.3 Å². The second kappa shape index (κ2) is 7.47. The highest BCUT2D eigenvalue weighted by molar-refractivity contribution is 6.39. The molecule has 22 heavy (non-hydrogen) atoms. The van der Waals surface area contributed by atoms with E-state index in [-0.39, 0.29) is 5.75 Å². The number of halogens is 1. The molecule has 0 aliphatic heterocycles. The minimum absolute atomic E-state index is 0.189. The fourth-order valence-corrected chi connectivity index (χ4v) is 2.01. The lowest BCUT2D eigenvalue weighted by Crippen LogP contribution is -2.36. The van der Waals surface area contributed by atoms with Gasteiger partial charge in [0.25, 0.3) is 0 Å². The van der Waals surface area contributed by atoms with Crippen molar-refractivity contribution < 1.29 is 14.7 Å². The van der Waals surface area contributed by atoms with Gasteiger partial charge in [-0.3, -0.25) is 9.59 Å². The maximum Gasteiger partial charge on any atom is 0.313 e. The Morgan fingerprint density at radius 1 is 1.05 bits per heavy atom. The van der Waals surface area contributed by atoms with Crippen molar-refractivity contribution in [1.82, 2.24) is 5.32 Å².